The van der Waals surface area contributed by atoms with Crippen LogP contribution < -0.4 is 4.90 Å². The molecule has 0 radical (unpaired) electrons. The number of fused-ring (bicyclic) bond motifs is 1. The third kappa shape index (κ3) is 2.34. The van der Waals surface area contributed by atoms with E-state index in [4.69, 9.17) is 0 Å². The highest BCUT2D eigenvalue weighted by molar-refractivity contribution is 5.82. The quantitative estimate of drug-likeness (QED) is 0.586. The molecule has 8 nitrogen and oxygen atoms in total. The Morgan fingerprint density at radius 3 is 2.91 bits per heavy atom. The Balaban J connectivity index is 1.98. The average molecular weight is 298 g/mol. The molecular formula is C14H14N6O2. The van der Waals surface area contributed by atoms with Crippen molar-refractivity contribution in [3.05, 3.63) is 52.6 Å². The summed E-state index contributed by atoms with van der Waals surface area (Å²) in [7, 11) is 1.88. The molecule has 0 fully saturated rings. The van der Waals surface area contributed by atoms with Crippen molar-refractivity contribution >= 4 is 22.7 Å². The molecule has 8 heteroatoms. The van der Waals surface area contributed by atoms with E-state index in [0.717, 1.165) is 11.1 Å². The zero-order valence-electron chi connectivity index (χ0n) is 12.1. The topological polar surface area (TPSA) is 101 Å². The van der Waals surface area contributed by atoms with Crippen molar-refractivity contribution < 1.29 is 4.92 Å². The molecular weight excluding hydrogens is 284 g/mol. The molecule has 3 aromatic rings. The van der Waals surface area contributed by atoms with Crippen LogP contribution in [-0.2, 0) is 0 Å². The Hall–Kier alpha value is -3.03. The molecule has 1 aromatic carbocycles. The van der Waals surface area contributed by atoms with Gasteiger partial charge in [0, 0.05) is 19.2 Å². The predicted molar refractivity (Wildman–Crippen MR) is 81.6 cm³/mol. The standard InChI is InChI=1S/C14H14N6O2/c1-9(10-4-3-5-11(6-10)20(21)22)19(2)14-12-13(16-7-15-12)17-8-18-14/h3-9H,1-2H3,(H,15,16,17,18). The molecule has 3 rings (SSSR count). The lowest BCUT2D eigenvalue weighted by Gasteiger charge is -2.26. The zero-order chi connectivity index (χ0) is 15.7. The van der Waals surface area contributed by atoms with Gasteiger partial charge in [0.15, 0.2) is 11.5 Å². The first-order valence-corrected chi connectivity index (χ1v) is 6.69. The van der Waals surface area contributed by atoms with Crippen LogP contribution in [0.4, 0.5) is 11.5 Å². The van der Waals surface area contributed by atoms with Gasteiger partial charge in [-0.2, -0.15) is 0 Å². The van der Waals surface area contributed by atoms with E-state index in [1.807, 2.05) is 24.9 Å². The van der Waals surface area contributed by atoms with Crippen LogP contribution in [-0.4, -0.2) is 31.9 Å². The molecule has 2 heterocycles. The summed E-state index contributed by atoms with van der Waals surface area (Å²) in [4.78, 5) is 28.0. The number of benzene rings is 1. The molecule has 0 bridgehead atoms. The summed E-state index contributed by atoms with van der Waals surface area (Å²) >= 11 is 0. The van der Waals surface area contributed by atoms with E-state index in [2.05, 4.69) is 19.9 Å². The van der Waals surface area contributed by atoms with Crippen molar-refractivity contribution in [2.75, 3.05) is 11.9 Å². The number of aromatic nitrogens is 4. The van der Waals surface area contributed by atoms with Crippen LogP contribution in [0.5, 0.6) is 0 Å². The smallest absolute Gasteiger partial charge is 0.269 e. The Morgan fingerprint density at radius 2 is 2.14 bits per heavy atom. The Morgan fingerprint density at radius 1 is 1.32 bits per heavy atom. The van der Waals surface area contributed by atoms with Gasteiger partial charge in [0.05, 0.1) is 17.3 Å². The summed E-state index contributed by atoms with van der Waals surface area (Å²) in [5, 5.41) is 10.9. The number of aromatic amines is 1. The minimum absolute atomic E-state index is 0.0760. The lowest BCUT2D eigenvalue weighted by molar-refractivity contribution is -0.384. The molecule has 0 saturated heterocycles. The van der Waals surface area contributed by atoms with Crippen molar-refractivity contribution in [1.82, 2.24) is 19.9 Å². The number of nitro groups is 1. The van der Waals surface area contributed by atoms with Crippen LogP contribution in [0.1, 0.15) is 18.5 Å². The molecule has 112 valence electrons. The second-order valence-electron chi connectivity index (χ2n) is 4.94. The van der Waals surface area contributed by atoms with E-state index in [1.165, 1.54) is 12.4 Å². The number of nitrogens with zero attached hydrogens (tertiary/aromatic N) is 5. The van der Waals surface area contributed by atoms with E-state index >= 15 is 0 Å². The van der Waals surface area contributed by atoms with E-state index < -0.39 is 4.92 Å². The summed E-state index contributed by atoms with van der Waals surface area (Å²) in [6, 6.07) is 6.50. The molecule has 0 aliphatic carbocycles. The second kappa shape index (κ2) is 5.40. The van der Waals surface area contributed by atoms with Crippen LogP contribution in [0.25, 0.3) is 11.2 Å². The number of hydrogen-bond acceptors (Lipinski definition) is 6. The van der Waals surface area contributed by atoms with Gasteiger partial charge in [-0.25, -0.2) is 15.0 Å². The van der Waals surface area contributed by atoms with Gasteiger partial charge < -0.3 is 9.88 Å². The number of imidazole rings is 1. The van der Waals surface area contributed by atoms with Crippen LogP contribution in [0.15, 0.2) is 36.9 Å². The Labute approximate surface area is 126 Å². The number of nitro benzene ring substituents is 1. The van der Waals surface area contributed by atoms with E-state index in [-0.39, 0.29) is 11.7 Å². The first-order valence-electron chi connectivity index (χ1n) is 6.69. The van der Waals surface area contributed by atoms with Gasteiger partial charge in [-0.15, -0.1) is 0 Å². The average Bonchev–Trinajstić information content (AvgIpc) is 3.02. The summed E-state index contributed by atoms with van der Waals surface area (Å²) in [6.07, 6.45) is 3.02. The highest BCUT2D eigenvalue weighted by Gasteiger charge is 2.19. The normalized spacial score (nSPS) is 12.3. The Bertz CT molecular complexity index is 831. The van der Waals surface area contributed by atoms with Gasteiger partial charge in [0.1, 0.15) is 11.8 Å². The SMILES string of the molecule is CC(c1cccc([N+](=O)[O-])c1)N(C)c1ncnc2nc[nH]c12. The van der Waals surface area contributed by atoms with Crippen molar-refractivity contribution in [2.24, 2.45) is 0 Å². The fourth-order valence-electron chi connectivity index (χ4n) is 2.32. The van der Waals surface area contributed by atoms with Gasteiger partial charge in [0.25, 0.3) is 5.69 Å². The highest BCUT2D eigenvalue weighted by atomic mass is 16.6. The predicted octanol–water partition coefficient (Wildman–Crippen LogP) is 2.46. The van der Waals surface area contributed by atoms with E-state index in [9.17, 15) is 10.1 Å². The van der Waals surface area contributed by atoms with E-state index in [0.29, 0.717) is 11.5 Å². The third-order valence-electron chi connectivity index (χ3n) is 3.68. The second-order valence-corrected chi connectivity index (χ2v) is 4.94. The highest BCUT2D eigenvalue weighted by Crippen LogP contribution is 2.28. The molecule has 0 aliphatic rings. The van der Waals surface area contributed by atoms with Crippen LogP contribution in [0, 0.1) is 10.1 Å². The molecule has 0 spiro atoms. The van der Waals surface area contributed by atoms with Crippen molar-refractivity contribution in [2.45, 2.75) is 13.0 Å². The molecule has 1 N–H and O–H groups in total. The number of rotatable bonds is 4. The van der Waals surface area contributed by atoms with Gasteiger partial charge >= 0.3 is 0 Å². The van der Waals surface area contributed by atoms with Crippen molar-refractivity contribution in [3.8, 4) is 0 Å². The fraction of sp³-hybridized carbons (Fsp3) is 0.214. The van der Waals surface area contributed by atoms with E-state index in [1.54, 1.807) is 18.5 Å². The summed E-state index contributed by atoms with van der Waals surface area (Å²) in [5.74, 6) is 0.696. The number of nitrogens with one attached hydrogen (secondary N) is 1. The van der Waals surface area contributed by atoms with Gasteiger partial charge in [-0.1, -0.05) is 12.1 Å². The number of anilines is 1. The van der Waals surface area contributed by atoms with Crippen molar-refractivity contribution in [3.63, 3.8) is 0 Å². The van der Waals surface area contributed by atoms with Crippen LogP contribution >= 0.6 is 0 Å². The summed E-state index contributed by atoms with van der Waals surface area (Å²) < 4.78 is 0. The maximum Gasteiger partial charge on any atom is 0.269 e. The molecule has 0 aliphatic heterocycles. The number of non-ortho nitro benzene ring substituents is 1. The largest absolute Gasteiger partial charge is 0.351 e. The van der Waals surface area contributed by atoms with Crippen molar-refractivity contribution in [1.29, 1.82) is 0 Å². The lowest BCUT2D eigenvalue weighted by atomic mass is 10.1. The Kier molecular flexibility index (Phi) is 3.42. The van der Waals surface area contributed by atoms with Crippen LogP contribution in [0.3, 0.4) is 0 Å². The molecule has 0 amide bonds. The molecule has 1 atom stereocenters. The molecule has 1 unspecified atom stereocenters. The van der Waals surface area contributed by atoms with Crippen LogP contribution in [0.2, 0.25) is 0 Å². The first-order chi connectivity index (χ1) is 10.6. The number of H-pyrrole nitrogens is 1. The maximum atomic E-state index is 10.9. The molecule has 22 heavy (non-hydrogen) atoms. The summed E-state index contributed by atoms with van der Waals surface area (Å²) in [6.45, 7) is 1.96. The first kappa shape index (κ1) is 13.9. The number of hydrogen-bond donors (Lipinski definition) is 1. The lowest BCUT2D eigenvalue weighted by Crippen LogP contribution is -2.23. The summed E-state index contributed by atoms with van der Waals surface area (Å²) in [5.41, 5.74) is 2.24. The zero-order valence-corrected chi connectivity index (χ0v) is 12.1. The maximum absolute atomic E-state index is 10.9. The minimum Gasteiger partial charge on any atom is -0.351 e. The van der Waals surface area contributed by atoms with Gasteiger partial charge in [0.2, 0.25) is 0 Å². The molecule has 2 aromatic heterocycles. The monoisotopic (exact) mass is 298 g/mol. The molecule has 0 saturated carbocycles. The fourth-order valence-corrected chi connectivity index (χ4v) is 2.32. The van der Waals surface area contributed by atoms with Gasteiger partial charge in [-0.3, -0.25) is 10.1 Å². The third-order valence-corrected chi connectivity index (χ3v) is 3.68. The minimum atomic E-state index is -0.395. The van der Waals surface area contributed by atoms with Gasteiger partial charge in [-0.05, 0) is 12.5 Å².